The zero-order chi connectivity index (χ0) is 19.9. The van der Waals surface area contributed by atoms with Gasteiger partial charge in [-0.1, -0.05) is 42.5 Å². The second-order valence-corrected chi connectivity index (χ2v) is 8.09. The Morgan fingerprint density at radius 3 is 2.69 bits per heavy atom. The summed E-state index contributed by atoms with van der Waals surface area (Å²) in [4.78, 5) is 2.31. The molecule has 29 heavy (non-hydrogen) atoms. The summed E-state index contributed by atoms with van der Waals surface area (Å²) in [5.41, 5.74) is 3.94. The first-order valence-corrected chi connectivity index (χ1v) is 10.8. The van der Waals surface area contributed by atoms with Gasteiger partial charge in [0.05, 0.1) is 0 Å². The van der Waals surface area contributed by atoms with Gasteiger partial charge in [0.1, 0.15) is 18.5 Å². The van der Waals surface area contributed by atoms with Gasteiger partial charge in [0.25, 0.3) is 0 Å². The molecule has 5 heteroatoms. The Hall–Kier alpha value is -1.92. The summed E-state index contributed by atoms with van der Waals surface area (Å²) in [6.07, 6.45) is 2.66. The van der Waals surface area contributed by atoms with Crippen molar-refractivity contribution in [3.63, 3.8) is 0 Å². The molecule has 0 amide bonds. The van der Waals surface area contributed by atoms with Crippen molar-refractivity contribution in [2.75, 3.05) is 32.9 Å². The van der Waals surface area contributed by atoms with E-state index in [1.807, 2.05) is 18.2 Å². The van der Waals surface area contributed by atoms with Crippen molar-refractivity contribution in [2.45, 2.75) is 44.5 Å². The summed E-state index contributed by atoms with van der Waals surface area (Å²) in [7, 11) is 0. The van der Waals surface area contributed by atoms with Crippen LogP contribution in [0.15, 0.2) is 48.5 Å². The van der Waals surface area contributed by atoms with Gasteiger partial charge >= 0.3 is 0 Å². The van der Waals surface area contributed by atoms with Crippen LogP contribution in [0.3, 0.4) is 0 Å². The molecule has 0 spiro atoms. The minimum atomic E-state index is -0.503. The molecule has 2 aliphatic heterocycles. The van der Waals surface area contributed by atoms with Gasteiger partial charge < -0.3 is 19.9 Å². The third-order valence-corrected chi connectivity index (χ3v) is 5.88. The van der Waals surface area contributed by atoms with Crippen LogP contribution in [0.2, 0.25) is 0 Å². The zero-order valence-corrected chi connectivity index (χ0v) is 17.1. The molecule has 2 heterocycles. The van der Waals surface area contributed by atoms with Gasteiger partial charge in [-0.3, -0.25) is 4.90 Å². The molecular formula is C24H32N2O3. The minimum absolute atomic E-state index is 0.312. The summed E-state index contributed by atoms with van der Waals surface area (Å²) < 4.78 is 11.4. The predicted octanol–water partition coefficient (Wildman–Crippen LogP) is 2.75. The molecule has 156 valence electrons. The number of hydrogen-bond donors (Lipinski definition) is 2. The number of nitrogens with one attached hydrogen (secondary N) is 1. The van der Waals surface area contributed by atoms with Crippen LogP contribution in [0.4, 0.5) is 0 Å². The maximum atomic E-state index is 10.5. The molecule has 0 saturated carbocycles. The molecule has 0 aromatic heterocycles. The predicted molar refractivity (Wildman–Crippen MR) is 114 cm³/mol. The number of aliphatic hydroxyl groups excluding tert-OH is 1. The van der Waals surface area contributed by atoms with Crippen LogP contribution in [-0.2, 0) is 24.2 Å². The first kappa shape index (κ1) is 20.4. The lowest BCUT2D eigenvalue weighted by Crippen LogP contribution is -2.39. The highest BCUT2D eigenvalue weighted by Crippen LogP contribution is 2.21. The van der Waals surface area contributed by atoms with E-state index in [-0.39, 0.29) is 0 Å². The number of ether oxygens (including phenoxy) is 2. The average Bonchev–Trinajstić information content (AvgIpc) is 2.77. The number of aliphatic hydroxyl groups is 1. The average molecular weight is 397 g/mol. The molecule has 1 saturated heterocycles. The van der Waals surface area contributed by atoms with Crippen LogP contribution >= 0.6 is 0 Å². The lowest BCUT2D eigenvalue weighted by Gasteiger charge is -2.30. The van der Waals surface area contributed by atoms with Crippen LogP contribution in [0, 0.1) is 0 Å². The quantitative estimate of drug-likeness (QED) is 0.719. The van der Waals surface area contributed by atoms with E-state index in [0.717, 1.165) is 63.4 Å². The second kappa shape index (κ2) is 10.2. The highest BCUT2D eigenvalue weighted by atomic mass is 16.5. The minimum Gasteiger partial charge on any atom is -0.491 e. The van der Waals surface area contributed by atoms with E-state index in [0.29, 0.717) is 19.2 Å². The smallest absolute Gasteiger partial charge is 0.123 e. The Balaban J connectivity index is 1.25. The Morgan fingerprint density at radius 1 is 1.07 bits per heavy atom. The lowest BCUT2D eigenvalue weighted by molar-refractivity contribution is 0.0631. The van der Waals surface area contributed by atoms with Gasteiger partial charge in [-0.05, 0) is 36.5 Å². The van der Waals surface area contributed by atoms with Gasteiger partial charge in [-0.2, -0.15) is 0 Å². The monoisotopic (exact) mass is 396 g/mol. The fourth-order valence-corrected chi connectivity index (χ4v) is 4.19. The number of benzene rings is 2. The van der Waals surface area contributed by atoms with E-state index in [1.54, 1.807) is 0 Å². The maximum absolute atomic E-state index is 10.5. The van der Waals surface area contributed by atoms with Crippen molar-refractivity contribution in [3.8, 4) is 5.75 Å². The van der Waals surface area contributed by atoms with Crippen molar-refractivity contribution in [2.24, 2.45) is 0 Å². The highest BCUT2D eigenvalue weighted by Gasteiger charge is 2.19. The van der Waals surface area contributed by atoms with Crippen LogP contribution in [0.5, 0.6) is 5.75 Å². The van der Waals surface area contributed by atoms with Crippen LogP contribution in [0.25, 0.3) is 0 Å². The third kappa shape index (κ3) is 5.80. The molecule has 0 aliphatic carbocycles. The fourth-order valence-electron chi connectivity index (χ4n) is 4.19. The molecule has 0 radical (unpaired) electrons. The fraction of sp³-hybridized carbons (Fsp3) is 0.500. The van der Waals surface area contributed by atoms with Crippen molar-refractivity contribution in [3.05, 3.63) is 65.2 Å². The molecule has 1 atom stereocenters. The number of hydrogen-bond acceptors (Lipinski definition) is 5. The summed E-state index contributed by atoms with van der Waals surface area (Å²) in [6.45, 7) is 5.29. The Kier molecular flexibility index (Phi) is 7.17. The topological polar surface area (TPSA) is 54.0 Å². The molecule has 4 rings (SSSR count). The normalized spacial score (nSPS) is 18.9. The van der Waals surface area contributed by atoms with Crippen molar-refractivity contribution >= 4 is 0 Å². The van der Waals surface area contributed by atoms with E-state index >= 15 is 0 Å². The van der Waals surface area contributed by atoms with E-state index in [2.05, 4.69) is 40.5 Å². The molecule has 1 unspecified atom stereocenters. The maximum Gasteiger partial charge on any atom is 0.123 e. The summed E-state index contributed by atoms with van der Waals surface area (Å²) in [5.74, 6) is 0.857. The molecule has 2 N–H and O–H groups in total. The van der Waals surface area contributed by atoms with E-state index in [9.17, 15) is 5.11 Å². The van der Waals surface area contributed by atoms with Crippen molar-refractivity contribution < 1.29 is 14.6 Å². The number of β-amino-alcohol motifs (C(OH)–C–C–N with tert-alkyl or cyclic N) is 1. The van der Waals surface area contributed by atoms with Crippen molar-refractivity contribution in [1.29, 1.82) is 0 Å². The van der Waals surface area contributed by atoms with Crippen molar-refractivity contribution in [1.82, 2.24) is 10.2 Å². The molecule has 2 aromatic carbocycles. The van der Waals surface area contributed by atoms with E-state index in [1.165, 1.54) is 11.1 Å². The van der Waals surface area contributed by atoms with Gasteiger partial charge in [-0.15, -0.1) is 0 Å². The largest absolute Gasteiger partial charge is 0.491 e. The van der Waals surface area contributed by atoms with Crippen LogP contribution < -0.4 is 10.1 Å². The van der Waals surface area contributed by atoms with Crippen LogP contribution in [0.1, 0.15) is 29.5 Å². The summed E-state index contributed by atoms with van der Waals surface area (Å²) >= 11 is 0. The van der Waals surface area contributed by atoms with E-state index < -0.39 is 6.10 Å². The highest BCUT2D eigenvalue weighted by molar-refractivity contribution is 5.33. The standard InChI is InChI=1S/C24H32N2O3/c27-23(17-26-12-9-19-5-1-2-7-21(19)16-26)18-29-24-8-4-3-6-20(24)15-25-22-10-13-28-14-11-22/h1-8,22-23,25,27H,9-18H2. The Bertz CT molecular complexity index is 776. The number of para-hydroxylation sites is 1. The van der Waals surface area contributed by atoms with Gasteiger partial charge in [0.15, 0.2) is 0 Å². The molecular weight excluding hydrogens is 364 g/mol. The van der Waals surface area contributed by atoms with Gasteiger partial charge in [0.2, 0.25) is 0 Å². The number of rotatable bonds is 8. The summed E-state index contributed by atoms with van der Waals surface area (Å²) in [6, 6.07) is 17.2. The third-order valence-electron chi connectivity index (χ3n) is 5.88. The first-order valence-electron chi connectivity index (χ1n) is 10.8. The zero-order valence-electron chi connectivity index (χ0n) is 17.1. The van der Waals surface area contributed by atoms with E-state index in [4.69, 9.17) is 9.47 Å². The molecule has 2 aromatic rings. The molecule has 2 aliphatic rings. The van der Waals surface area contributed by atoms with Crippen LogP contribution in [-0.4, -0.2) is 55.1 Å². The Morgan fingerprint density at radius 2 is 1.83 bits per heavy atom. The molecule has 1 fully saturated rings. The first-order chi connectivity index (χ1) is 14.3. The van der Waals surface area contributed by atoms with Gasteiger partial charge in [-0.25, -0.2) is 0 Å². The molecule has 0 bridgehead atoms. The Labute approximate surface area is 173 Å². The number of fused-ring (bicyclic) bond motifs is 1. The lowest BCUT2D eigenvalue weighted by atomic mass is 10.00. The SMILES string of the molecule is OC(COc1ccccc1CNC1CCOCC1)CN1CCc2ccccc2C1. The second-order valence-electron chi connectivity index (χ2n) is 8.09. The molecule has 5 nitrogen and oxygen atoms in total. The van der Waals surface area contributed by atoms with Gasteiger partial charge in [0, 0.05) is 51.0 Å². The number of nitrogens with zero attached hydrogens (tertiary/aromatic N) is 1. The summed E-state index contributed by atoms with van der Waals surface area (Å²) in [5, 5.41) is 14.1.